The van der Waals surface area contributed by atoms with Crippen molar-refractivity contribution in [2.45, 2.75) is 12.6 Å². The normalized spacial score (nSPS) is 11.5. The van der Waals surface area contributed by atoms with E-state index in [-0.39, 0.29) is 29.6 Å². The molecule has 0 atom stereocenters. The van der Waals surface area contributed by atoms with E-state index in [9.17, 15) is 18.0 Å². The Morgan fingerprint density at radius 1 is 1.38 bits per heavy atom. The first kappa shape index (κ1) is 18.3. The number of aromatic nitrogens is 3. The average molecular weight is 403 g/mol. The molecule has 0 aromatic carbocycles. The lowest BCUT2D eigenvalue weighted by Crippen LogP contribution is -2.26. The number of alkyl halides is 3. The average Bonchev–Trinajstić information content (AvgIpc) is 3.26. The van der Waals surface area contributed by atoms with Gasteiger partial charge in [-0.25, -0.2) is 0 Å². The molecule has 0 radical (unpaired) electrons. The number of amides is 1. The highest BCUT2D eigenvalue weighted by Crippen LogP contribution is 2.31. The molecule has 0 fully saturated rings. The Morgan fingerprint density at radius 3 is 2.85 bits per heavy atom. The summed E-state index contributed by atoms with van der Waals surface area (Å²) in [6.45, 7) is 0.0909. The largest absolute Gasteiger partial charge is 0.417 e. The summed E-state index contributed by atoms with van der Waals surface area (Å²) in [5.74, 6) is -0.499. The molecule has 136 valence electrons. The molecule has 0 aliphatic rings. The summed E-state index contributed by atoms with van der Waals surface area (Å²) in [5, 5.41) is 7.96. The third kappa shape index (κ3) is 4.20. The van der Waals surface area contributed by atoms with Gasteiger partial charge in [-0.15, -0.1) is 11.3 Å². The molecule has 0 bridgehead atoms. The SMILES string of the molecule is O=C(NCCc1ncc(C(F)(F)F)cc1Cl)c1nc(-c2cccs2)no1. The molecular weight excluding hydrogens is 393 g/mol. The van der Waals surface area contributed by atoms with E-state index >= 15 is 0 Å². The van der Waals surface area contributed by atoms with Crippen LogP contribution in [0.3, 0.4) is 0 Å². The molecule has 3 heterocycles. The van der Waals surface area contributed by atoms with E-state index in [1.807, 2.05) is 11.4 Å². The first-order valence-electron chi connectivity index (χ1n) is 7.22. The van der Waals surface area contributed by atoms with Gasteiger partial charge in [0, 0.05) is 19.2 Å². The standard InChI is InChI=1S/C15H10ClF3N4O2S/c16-9-6-8(15(17,18)19)7-21-10(9)3-4-20-13(24)14-22-12(23-25-14)11-2-1-5-26-11/h1-2,5-7H,3-4H2,(H,20,24). The molecule has 3 rings (SSSR count). The summed E-state index contributed by atoms with van der Waals surface area (Å²) in [5.41, 5.74) is -0.688. The number of carbonyl (C=O) groups is 1. The van der Waals surface area contributed by atoms with Crippen molar-refractivity contribution in [2.75, 3.05) is 6.54 Å². The van der Waals surface area contributed by atoms with Crippen molar-refractivity contribution in [3.63, 3.8) is 0 Å². The Bertz CT molecular complexity index is 912. The number of nitrogens with zero attached hydrogens (tertiary/aromatic N) is 3. The fourth-order valence-corrected chi connectivity index (χ4v) is 2.91. The van der Waals surface area contributed by atoms with Crippen LogP contribution in [0, 0.1) is 0 Å². The van der Waals surface area contributed by atoms with Gasteiger partial charge in [0.15, 0.2) is 0 Å². The van der Waals surface area contributed by atoms with Crippen molar-refractivity contribution in [3.05, 3.63) is 51.9 Å². The molecule has 0 saturated carbocycles. The van der Waals surface area contributed by atoms with E-state index in [0.717, 1.165) is 10.9 Å². The molecule has 1 N–H and O–H groups in total. The van der Waals surface area contributed by atoms with Crippen LogP contribution in [-0.4, -0.2) is 27.6 Å². The fourth-order valence-electron chi connectivity index (χ4n) is 2.00. The van der Waals surface area contributed by atoms with E-state index < -0.39 is 17.6 Å². The smallest absolute Gasteiger partial charge is 0.347 e. The zero-order valence-corrected chi connectivity index (χ0v) is 14.5. The maximum atomic E-state index is 12.6. The molecule has 0 aliphatic carbocycles. The van der Waals surface area contributed by atoms with Gasteiger partial charge >= 0.3 is 18.0 Å². The number of hydrogen-bond donors (Lipinski definition) is 1. The minimum Gasteiger partial charge on any atom is -0.347 e. The minimum absolute atomic E-state index is 0.0909. The van der Waals surface area contributed by atoms with Gasteiger partial charge in [-0.05, 0) is 17.5 Å². The number of pyridine rings is 1. The number of halogens is 4. The zero-order chi connectivity index (χ0) is 18.7. The van der Waals surface area contributed by atoms with Crippen LogP contribution >= 0.6 is 22.9 Å². The van der Waals surface area contributed by atoms with Crippen LogP contribution < -0.4 is 5.32 Å². The minimum atomic E-state index is -4.51. The van der Waals surface area contributed by atoms with E-state index in [1.165, 1.54) is 11.3 Å². The van der Waals surface area contributed by atoms with Crippen LogP contribution in [0.15, 0.2) is 34.3 Å². The lowest BCUT2D eigenvalue weighted by atomic mass is 10.2. The predicted octanol–water partition coefficient (Wildman–Crippen LogP) is 3.84. The van der Waals surface area contributed by atoms with E-state index in [2.05, 4.69) is 20.4 Å². The monoisotopic (exact) mass is 402 g/mol. The van der Waals surface area contributed by atoms with Gasteiger partial charge in [0.05, 0.1) is 21.2 Å². The van der Waals surface area contributed by atoms with Gasteiger partial charge in [0.25, 0.3) is 0 Å². The molecule has 26 heavy (non-hydrogen) atoms. The second kappa shape index (κ2) is 7.42. The third-order valence-electron chi connectivity index (χ3n) is 3.25. The van der Waals surface area contributed by atoms with Crippen LogP contribution in [-0.2, 0) is 12.6 Å². The van der Waals surface area contributed by atoms with Crippen LogP contribution in [0.4, 0.5) is 13.2 Å². The summed E-state index contributed by atoms with van der Waals surface area (Å²) in [7, 11) is 0. The highest BCUT2D eigenvalue weighted by atomic mass is 35.5. The Balaban J connectivity index is 1.57. The lowest BCUT2D eigenvalue weighted by Gasteiger charge is -2.09. The highest BCUT2D eigenvalue weighted by Gasteiger charge is 2.31. The molecule has 0 aliphatic heterocycles. The van der Waals surface area contributed by atoms with Gasteiger partial charge in [-0.1, -0.05) is 22.8 Å². The molecule has 6 nitrogen and oxygen atoms in total. The first-order valence-corrected chi connectivity index (χ1v) is 8.48. The van der Waals surface area contributed by atoms with E-state index in [1.54, 1.807) is 6.07 Å². The van der Waals surface area contributed by atoms with Crippen molar-refractivity contribution >= 4 is 28.8 Å². The van der Waals surface area contributed by atoms with Crippen LogP contribution in [0.1, 0.15) is 21.9 Å². The van der Waals surface area contributed by atoms with Crippen molar-refractivity contribution in [1.29, 1.82) is 0 Å². The van der Waals surface area contributed by atoms with Gasteiger partial charge in [-0.3, -0.25) is 9.78 Å². The van der Waals surface area contributed by atoms with Crippen molar-refractivity contribution in [1.82, 2.24) is 20.4 Å². The topological polar surface area (TPSA) is 80.9 Å². The summed E-state index contributed by atoms with van der Waals surface area (Å²) < 4.78 is 42.6. The van der Waals surface area contributed by atoms with Gasteiger partial charge in [0.2, 0.25) is 5.82 Å². The molecule has 1 amide bonds. The first-order chi connectivity index (χ1) is 12.3. The quantitative estimate of drug-likeness (QED) is 0.701. The third-order valence-corrected chi connectivity index (χ3v) is 4.45. The molecule has 3 aromatic heterocycles. The number of rotatable bonds is 5. The Hall–Kier alpha value is -2.46. The van der Waals surface area contributed by atoms with Crippen LogP contribution in [0.2, 0.25) is 5.02 Å². The maximum Gasteiger partial charge on any atom is 0.417 e. The highest BCUT2D eigenvalue weighted by molar-refractivity contribution is 7.13. The van der Waals surface area contributed by atoms with Gasteiger partial charge in [-0.2, -0.15) is 18.2 Å². The summed E-state index contributed by atoms with van der Waals surface area (Å²) in [6, 6.07) is 4.41. The molecular formula is C15H10ClF3N4O2S. The summed E-state index contributed by atoms with van der Waals surface area (Å²) in [4.78, 5) is 20.4. The molecule has 3 aromatic rings. The second-order valence-corrected chi connectivity index (χ2v) is 6.41. The lowest BCUT2D eigenvalue weighted by molar-refractivity contribution is -0.137. The second-order valence-electron chi connectivity index (χ2n) is 5.06. The van der Waals surface area contributed by atoms with Gasteiger partial charge < -0.3 is 9.84 Å². The number of nitrogens with one attached hydrogen (secondary N) is 1. The van der Waals surface area contributed by atoms with Crippen molar-refractivity contribution in [2.24, 2.45) is 0 Å². The number of thiophene rings is 1. The fraction of sp³-hybridized carbons (Fsp3) is 0.200. The van der Waals surface area contributed by atoms with Crippen molar-refractivity contribution in [3.8, 4) is 10.7 Å². The number of hydrogen-bond acceptors (Lipinski definition) is 6. The maximum absolute atomic E-state index is 12.6. The van der Waals surface area contributed by atoms with Crippen LogP contribution in [0.5, 0.6) is 0 Å². The Morgan fingerprint density at radius 2 is 2.19 bits per heavy atom. The van der Waals surface area contributed by atoms with E-state index in [4.69, 9.17) is 16.1 Å². The number of carbonyl (C=O) groups excluding carboxylic acids is 1. The molecule has 0 unspecified atom stereocenters. The van der Waals surface area contributed by atoms with Crippen LogP contribution in [0.25, 0.3) is 10.7 Å². The van der Waals surface area contributed by atoms with Gasteiger partial charge in [0.1, 0.15) is 0 Å². The van der Waals surface area contributed by atoms with Crippen molar-refractivity contribution < 1.29 is 22.5 Å². The van der Waals surface area contributed by atoms with E-state index in [0.29, 0.717) is 12.0 Å². The summed E-state index contributed by atoms with van der Waals surface area (Å²) >= 11 is 7.21. The summed E-state index contributed by atoms with van der Waals surface area (Å²) in [6.07, 6.45) is -3.66. The Labute approximate surface area is 154 Å². The zero-order valence-electron chi connectivity index (χ0n) is 12.9. The predicted molar refractivity (Wildman–Crippen MR) is 87.9 cm³/mol. The Kier molecular flexibility index (Phi) is 5.23. The molecule has 11 heteroatoms. The molecule has 0 saturated heterocycles. The molecule has 0 spiro atoms.